The first-order valence-corrected chi connectivity index (χ1v) is 8.77. The Morgan fingerprint density at radius 2 is 1.71 bits per heavy atom. The van der Waals surface area contributed by atoms with Gasteiger partial charge in [-0.2, -0.15) is 0 Å². The lowest BCUT2D eigenvalue weighted by atomic mass is 9.96. The van der Waals surface area contributed by atoms with Gasteiger partial charge in [-0.25, -0.2) is 0 Å². The smallest absolute Gasteiger partial charge is 0.266 e. The van der Waals surface area contributed by atoms with Crippen LogP contribution < -0.4 is 10.6 Å². The van der Waals surface area contributed by atoms with Gasteiger partial charge in [0.1, 0.15) is 0 Å². The number of halogens is 1. The van der Waals surface area contributed by atoms with Crippen molar-refractivity contribution in [1.82, 2.24) is 0 Å². The zero-order chi connectivity index (χ0) is 18.1. The predicted octanol–water partition coefficient (Wildman–Crippen LogP) is 5.26. The van der Waals surface area contributed by atoms with Crippen LogP contribution >= 0.6 is 22.9 Å². The number of amides is 2. The third-order valence-electron chi connectivity index (χ3n) is 3.49. The molecule has 2 rings (SSSR count). The molecule has 0 spiro atoms. The predicted molar refractivity (Wildman–Crippen MR) is 101 cm³/mol. The van der Waals surface area contributed by atoms with Crippen LogP contribution in [0.1, 0.15) is 41.6 Å². The minimum absolute atomic E-state index is 0.0820. The van der Waals surface area contributed by atoms with E-state index in [0.29, 0.717) is 20.6 Å². The van der Waals surface area contributed by atoms with Crippen LogP contribution in [0, 0.1) is 19.3 Å². The number of carbonyl (C=O) groups is 2. The van der Waals surface area contributed by atoms with Gasteiger partial charge in [0, 0.05) is 16.1 Å². The van der Waals surface area contributed by atoms with Gasteiger partial charge in [0.15, 0.2) is 0 Å². The summed E-state index contributed by atoms with van der Waals surface area (Å²) in [5.41, 5.74) is 1.95. The van der Waals surface area contributed by atoms with E-state index in [1.165, 1.54) is 11.3 Å². The van der Waals surface area contributed by atoms with Gasteiger partial charge >= 0.3 is 0 Å². The largest absolute Gasteiger partial charge is 0.321 e. The molecule has 0 bridgehead atoms. The highest BCUT2D eigenvalue weighted by Crippen LogP contribution is 2.30. The number of thiophene rings is 1. The number of hydrogen-bond acceptors (Lipinski definition) is 3. The molecule has 0 fully saturated rings. The van der Waals surface area contributed by atoms with Crippen molar-refractivity contribution < 1.29 is 9.59 Å². The fourth-order valence-corrected chi connectivity index (χ4v) is 3.11. The second-order valence-electron chi connectivity index (χ2n) is 6.74. The summed E-state index contributed by atoms with van der Waals surface area (Å²) < 4.78 is 0. The third-order valence-corrected chi connectivity index (χ3v) is 4.88. The molecule has 2 aromatic rings. The van der Waals surface area contributed by atoms with E-state index in [2.05, 4.69) is 10.6 Å². The Kier molecular flexibility index (Phi) is 5.35. The Morgan fingerprint density at radius 3 is 2.33 bits per heavy atom. The molecule has 0 unspecified atom stereocenters. The van der Waals surface area contributed by atoms with Crippen LogP contribution in [0.15, 0.2) is 24.3 Å². The van der Waals surface area contributed by atoms with E-state index in [1.54, 1.807) is 12.1 Å². The summed E-state index contributed by atoms with van der Waals surface area (Å²) in [5.74, 6) is -0.291. The maximum Gasteiger partial charge on any atom is 0.266 e. The Bertz CT molecular complexity index is 791. The standard InChI is InChI=1S/C18H21ClN2O2S/c1-10-6-7-12(19)9-13(10)20-16(22)15-11(2)8-14(24-15)21-17(23)18(3,4)5/h6-9H,1-5H3,(H,20,22)(H,21,23). The zero-order valence-electron chi connectivity index (χ0n) is 14.4. The topological polar surface area (TPSA) is 58.2 Å². The maximum absolute atomic E-state index is 12.5. The number of benzene rings is 1. The summed E-state index contributed by atoms with van der Waals surface area (Å²) in [6.07, 6.45) is 0. The van der Waals surface area contributed by atoms with Gasteiger partial charge in [-0.1, -0.05) is 38.4 Å². The fourth-order valence-electron chi connectivity index (χ4n) is 1.98. The van der Waals surface area contributed by atoms with Crippen LogP contribution in [0.25, 0.3) is 0 Å². The monoisotopic (exact) mass is 364 g/mol. The molecule has 128 valence electrons. The van der Waals surface area contributed by atoms with Crippen molar-refractivity contribution in [3.63, 3.8) is 0 Å². The average Bonchev–Trinajstić information content (AvgIpc) is 2.82. The van der Waals surface area contributed by atoms with Crippen LogP contribution in [0.2, 0.25) is 5.02 Å². The molecule has 1 aromatic carbocycles. The summed E-state index contributed by atoms with van der Waals surface area (Å²) in [4.78, 5) is 25.2. The number of nitrogens with one attached hydrogen (secondary N) is 2. The zero-order valence-corrected chi connectivity index (χ0v) is 16.0. The van der Waals surface area contributed by atoms with Crippen molar-refractivity contribution >= 4 is 45.4 Å². The summed E-state index contributed by atoms with van der Waals surface area (Å²) in [7, 11) is 0. The summed E-state index contributed by atoms with van der Waals surface area (Å²) in [5, 5.41) is 6.97. The lowest BCUT2D eigenvalue weighted by Crippen LogP contribution is -2.27. The van der Waals surface area contributed by atoms with E-state index in [9.17, 15) is 9.59 Å². The number of carbonyl (C=O) groups excluding carboxylic acids is 2. The maximum atomic E-state index is 12.5. The lowest BCUT2D eigenvalue weighted by molar-refractivity contribution is -0.123. The number of anilines is 2. The highest BCUT2D eigenvalue weighted by molar-refractivity contribution is 7.18. The fraction of sp³-hybridized carbons (Fsp3) is 0.333. The first-order valence-electron chi connectivity index (χ1n) is 7.57. The van der Waals surface area contributed by atoms with Crippen LogP contribution in [0.3, 0.4) is 0 Å². The highest BCUT2D eigenvalue weighted by atomic mass is 35.5. The molecule has 2 N–H and O–H groups in total. The first kappa shape index (κ1) is 18.5. The second-order valence-corrected chi connectivity index (χ2v) is 8.23. The normalized spacial score (nSPS) is 11.2. The summed E-state index contributed by atoms with van der Waals surface area (Å²) >= 11 is 7.25. The van der Waals surface area contributed by atoms with Crippen molar-refractivity contribution in [3.8, 4) is 0 Å². The molecule has 1 heterocycles. The van der Waals surface area contributed by atoms with Gasteiger partial charge < -0.3 is 10.6 Å². The molecule has 4 nitrogen and oxygen atoms in total. The molecule has 0 saturated heterocycles. The minimum Gasteiger partial charge on any atom is -0.321 e. The Morgan fingerprint density at radius 1 is 1.04 bits per heavy atom. The number of hydrogen-bond donors (Lipinski definition) is 2. The van der Waals surface area contributed by atoms with Crippen LogP contribution in [0.4, 0.5) is 10.7 Å². The van der Waals surface area contributed by atoms with E-state index < -0.39 is 5.41 Å². The lowest BCUT2D eigenvalue weighted by Gasteiger charge is -2.16. The quantitative estimate of drug-likeness (QED) is 0.780. The molecule has 0 aliphatic carbocycles. The third kappa shape index (κ3) is 4.36. The molecule has 0 saturated carbocycles. The molecule has 0 radical (unpaired) electrons. The molecule has 24 heavy (non-hydrogen) atoms. The second kappa shape index (κ2) is 6.95. The van der Waals surface area contributed by atoms with Gasteiger partial charge in [-0.05, 0) is 43.2 Å². The van der Waals surface area contributed by atoms with Crippen molar-refractivity contribution in [2.45, 2.75) is 34.6 Å². The van der Waals surface area contributed by atoms with Crippen LogP contribution in [-0.2, 0) is 4.79 Å². The molecular weight excluding hydrogens is 344 g/mol. The van der Waals surface area contributed by atoms with Gasteiger partial charge in [0.2, 0.25) is 5.91 Å². The van der Waals surface area contributed by atoms with Gasteiger partial charge in [-0.3, -0.25) is 9.59 Å². The molecule has 2 amide bonds. The van der Waals surface area contributed by atoms with Crippen LogP contribution in [-0.4, -0.2) is 11.8 Å². The molecule has 1 aromatic heterocycles. The molecule has 0 atom stereocenters. The Hall–Kier alpha value is -1.85. The molecular formula is C18H21ClN2O2S. The number of rotatable bonds is 3. The van der Waals surface area contributed by atoms with Gasteiger partial charge in [-0.15, -0.1) is 11.3 Å². The van der Waals surface area contributed by atoms with Gasteiger partial charge in [0.25, 0.3) is 5.91 Å². The van der Waals surface area contributed by atoms with Crippen molar-refractivity contribution in [1.29, 1.82) is 0 Å². The SMILES string of the molecule is Cc1ccc(Cl)cc1NC(=O)c1sc(NC(=O)C(C)(C)C)cc1C. The van der Waals surface area contributed by atoms with Gasteiger partial charge in [0.05, 0.1) is 9.88 Å². The molecule has 0 aliphatic rings. The number of aryl methyl sites for hydroxylation is 2. The van der Waals surface area contributed by atoms with E-state index >= 15 is 0 Å². The van der Waals surface area contributed by atoms with E-state index in [0.717, 1.165) is 11.1 Å². The minimum atomic E-state index is -0.488. The van der Waals surface area contributed by atoms with Crippen LogP contribution in [0.5, 0.6) is 0 Å². The highest BCUT2D eigenvalue weighted by Gasteiger charge is 2.23. The Balaban J connectivity index is 2.19. The molecule has 0 aliphatic heterocycles. The summed E-state index contributed by atoms with van der Waals surface area (Å²) in [6, 6.07) is 7.17. The van der Waals surface area contributed by atoms with E-state index in [-0.39, 0.29) is 11.8 Å². The van der Waals surface area contributed by atoms with Crippen molar-refractivity contribution in [3.05, 3.63) is 45.3 Å². The summed E-state index contributed by atoms with van der Waals surface area (Å²) in [6.45, 7) is 9.29. The first-order chi connectivity index (χ1) is 11.1. The Labute approximate surface area is 151 Å². The van der Waals surface area contributed by atoms with Crippen molar-refractivity contribution in [2.24, 2.45) is 5.41 Å². The van der Waals surface area contributed by atoms with E-state index in [4.69, 9.17) is 11.6 Å². The molecule has 6 heteroatoms. The average molecular weight is 365 g/mol. The van der Waals surface area contributed by atoms with Crippen molar-refractivity contribution in [2.75, 3.05) is 10.6 Å². The van der Waals surface area contributed by atoms with E-state index in [1.807, 2.05) is 46.8 Å².